The molecule has 0 aromatic carbocycles. The highest BCUT2D eigenvalue weighted by atomic mass is 32.1. The minimum absolute atomic E-state index is 0.255. The van der Waals surface area contributed by atoms with E-state index in [-0.39, 0.29) is 5.11 Å². The van der Waals surface area contributed by atoms with Crippen molar-refractivity contribution >= 4 is 23.5 Å². The highest BCUT2D eigenvalue weighted by Crippen LogP contribution is 1.96. The van der Waals surface area contributed by atoms with Crippen LogP contribution < -0.4 is 5.73 Å². The Bertz CT molecular complexity index is 294. The molecule has 1 heterocycles. The molecule has 0 fully saturated rings. The van der Waals surface area contributed by atoms with E-state index in [1.165, 1.54) is 5.01 Å². The second-order valence-corrected chi connectivity index (χ2v) is 2.73. The van der Waals surface area contributed by atoms with Gasteiger partial charge in [-0.15, -0.1) is 0 Å². The Balaban J connectivity index is 2.61. The zero-order valence-corrected chi connectivity index (χ0v) is 8.12. The zero-order chi connectivity index (χ0) is 9.68. The van der Waals surface area contributed by atoms with Gasteiger partial charge in [0.05, 0.1) is 12.5 Å². The summed E-state index contributed by atoms with van der Waals surface area (Å²) in [7, 11) is 0. The van der Waals surface area contributed by atoms with Crippen LogP contribution in [0.1, 0.15) is 12.7 Å². The molecule has 0 aliphatic carbocycles. The summed E-state index contributed by atoms with van der Waals surface area (Å²) in [6.45, 7) is 2.56. The van der Waals surface area contributed by atoms with Crippen LogP contribution in [0.2, 0.25) is 0 Å². The first kappa shape index (κ1) is 9.73. The summed E-state index contributed by atoms with van der Waals surface area (Å²) in [5.74, 6) is 0.676. The zero-order valence-electron chi connectivity index (χ0n) is 7.30. The van der Waals surface area contributed by atoms with Crippen molar-refractivity contribution in [3.63, 3.8) is 0 Å². The number of hydrazone groups is 1. The van der Waals surface area contributed by atoms with E-state index in [0.29, 0.717) is 12.3 Å². The summed E-state index contributed by atoms with van der Waals surface area (Å²) in [6.07, 6.45) is 3.15. The van der Waals surface area contributed by atoms with Crippen LogP contribution in [0.4, 0.5) is 0 Å². The number of nitrogens with two attached hydrogens (primary N) is 1. The Morgan fingerprint density at radius 3 is 3.08 bits per heavy atom. The molecule has 0 bridgehead atoms. The smallest absolute Gasteiger partial charge is 0.186 e. The van der Waals surface area contributed by atoms with Crippen molar-refractivity contribution in [3.05, 3.63) is 24.2 Å². The van der Waals surface area contributed by atoms with Crippen molar-refractivity contribution in [2.24, 2.45) is 10.8 Å². The maximum atomic E-state index is 5.40. The topological polar surface area (TPSA) is 54.8 Å². The van der Waals surface area contributed by atoms with Gasteiger partial charge in [0, 0.05) is 6.54 Å². The lowest BCUT2D eigenvalue weighted by Gasteiger charge is -2.12. The second-order valence-electron chi connectivity index (χ2n) is 2.31. The van der Waals surface area contributed by atoms with E-state index in [1.54, 1.807) is 24.6 Å². The first-order valence-corrected chi connectivity index (χ1v) is 4.29. The maximum Gasteiger partial charge on any atom is 0.186 e. The van der Waals surface area contributed by atoms with E-state index in [9.17, 15) is 0 Å². The predicted molar refractivity (Wildman–Crippen MR) is 55.5 cm³/mol. The third-order valence-electron chi connectivity index (χ3n) is 1.42. The van der Waals surface area contributed by atoms with Crippen molar-refractivity contribution in [1.29, 1.82) is 0 Å². The van der Waals surface area contributed by atoms with Crippen molar-refractivity contribution in [3.8, 4) is 0 Å². The number of hydrogen-bond donors (Lipinski definition) is 1. The summed E-state index contributed by atoms with van der Waals surface area (Å²) in [6, 6.07) is 3.59. The largest absolute Gasteiger partial charge is 0.463 e. The van der Waals surface area contributed by atoms with Crippen molar-refractivity contribution in [1.82, 2.24) is 5.01 Å². The quantitative estimate of drug-likeness (QED) is 0.449. The van der Waals surface area contributed by atoms with E-state index in [4.69, 9.17) is 22.4 Å². The molecular weight excluding hydrogens is 186 g/mol. The fourth-order valence-corrected chi connectivity index (χ4v) is 0.962. The number of hydrogen-bond acceptors (Lipinski definition) is 3. The summed E-state index contributed by atoms with van der Waals surface area (Å²) in [4.78, 5) is 0. The highest BCUT2D eigenvalue weighted by Gasteiger charge is 1.98. The lowest BCUT2D eigenvalue weighted by atomic mass is 10.5. The average Bonchev–Trinajstić information content (AvgIpc) is 2.57. The van der Waals surface area contributed by atoms with Crippen molar-refractivity contribution < 1.29 is 4.42 Å². The average molecular weight is 197 g/mol. The van der Waals surface area contributed by atoms with E-state index in [1.807, 2.05) is 6.92 Å². The van der Waals surface area contributed by atoms with E-state index in [0.717, 1.165) is 0 Å². The van der Waals surface area contributed by atoms with Gasteiger partial charge >= 0.3 is 0 Å². The van der Waals surface area contributed by atoms with Crippen molar-refractivity contribution in [2.75, 3.05) is 6.54 Å². The van der Waals surface area contributed by atoms with Gasteiger partial charge < -0.3 is 10.2 Å². The Kier molecular flexibility index (Phi) is 3.45. The fraction of sp³-hybridized carbons (Fsp3) is 0.250. The molecule has 0 aliphatic rings. The minimum atomic E-state index is 0.255. The minimum Gasteiger partial charge on any atom is -0.463 e. The molecule has 0 unspecified atom stereocenters. The number of nitrogens with zero attached hydrogens (tertiary/aromatic N) is 2. The molecule has 0 atom stereocenters. The first-order valence-electron chi connectivity index (χ1n) is 3.88. The van der Waals surface area contributed by atoms with E-state index in [2.05, 4.69) is 5.10 Å². The molecule has 2 N–H and O–H groups in total. The number of thiocarbonyl (C=S) groups is 1. The molecule has 13 heavy (non-hydrogen) atoms. The molecule has 0 amide bonds. The summed E-state index contributed by atoms with van der Waals surface area (Å²) in [5.41, 5.74) is 5.40. The van der Waals surface area contributed by atoms with Gasteiger partial charge in [0.2, 0.25) is 0 Å². The standard InChI is InChI=1S/C8H11N3OS/c1-2-11(8(9)13)10-6-7-4-3-5-12-7/h3-6H,2H2,1H3,(H2,9,13)/b10-6+. The van der Waals surface area contributed by atoms with Crippen LogP contribution in [0.15, 0.2) is 27.9 Å². The normalized spacial score (nSPS) is 10.5. The molecule has 4 nitrogen and oxygen atoms in total. The molecule has 1 aromatic rings. The van der Waals surface area contributed by atoms with Crippen LogP contribution in [0.5, 0.6) is 0 Å². The van der Waals surface area contributed by atoms with Crippen LogP contribution in [0.3, 0.4) is 0 Å². The molecule has 5 heteroatoms. The summed E-state index contributed by atoms with van der Waals surface area (Å²) >= 11 is 4.77. The van der Waals surface area contributed by atoms with Gasteiger partial charge in [0.15, 0.2) is 5.11 Å². The Hall–Kier alpha value is -1.36. The molecule has 1 aromatic heterocycles. The van der Waals surface area contributed by atoms with Crippen LogP contribution >= 0.6 is 12.2 Å². The Labute approximate surface area is 82.0 Å². The maximum absolute atomic E-state index is 5.40. The van der Waals surface area contributed by atoms with Gasteiger partial charge in [-0.3, -0.25) is 0 Å². The SMILES string of the molecule is CCN(/N=C/c1ccco1)C(N)=S. The van der Waals surface area contributed by atoms with Crippen LogP contribution in [-0.4, -0.2) is 22.9 Å². The van der Waals surface area contributed by atoms with Gasteiger partial charge in [0.25, 0.3) is 0 Å². The molecule has 0 spiro atoms. The number of rotatable bonds is 3. The molecule has 0 aliphatic heterocycles. The molecule has 0 radical (unpaired) electrons. The van der Waals surface area contributed by atoms with Gasteiger partial charge in [-0.25, -0.2) is 5.01 Å². The first-order chi connectivity index (χ1) is 6.24. The Morgan fingerprint density at radius 1 is 1.85 bits per heavy atom. The summed E-state index contributed by atoms with van der Waals surface area (Å²) < 4.78 is 5.05. The third kappa shape index (κ3) is 2.87. The predicted octanol–water partition coefficient (Wildman–Crippen LogP) is 1.18. The molecule has 0 saturated heterocycles. The van der Waals surface area contributed by atoms with E-state index >= 15 is 0 Å². The third-order valence-corrected chi connectivity index (χ3v) is 1.63. The van der Waals surface area contributed by atoms with Crippen LogP contribution in [0, 0.1) is 0 Å². The molecule has 0 saturated carbocycles. The lowest BCUT2D eigenvalue weighted by Crippen LogP contribution is -2.30. The molecular formula is C8H11N3OS. The molecule has 1 rings (SSSR count). The van der Waals surface area contributed by atoms with Crippen LogP contribution in [-0.2, 0) is 0 Å². The van der Waals surface area contributed by atoms with Gasteiger partial charge in [-0.05, 0) is 31.3 Å². The number of furan rings is 1. The second kappa shape index (κ2) is 4.61. The summed E-state index contributed by atoms with van der Waals surface area (Å²) in [5, 5.41) is 5.80. The van der Waals surface area contributed by atoms with Gasteiger partial charge in [0.1, 0.15) is 5.76 Å². The van der Waals surface area contributed by atoms with Crippen molar-refractivity contribution in [2.45, 2.75) is 6.92 Å². The monoisotopic (exact) mass is 197 g/mol. The van der Waals surface area contributed by atoms with E-state index < -0.39 is 0 Å². The Morgan fingerprint density at radius 2 is 2.62 bits per heavy atom. The lowest BCUT2D eigenvalue weighted by molar-refractivity contribution is 0.473. The fourth-order valence-electron chi connectivity index (χ4n) is 0.786. The molecule has 70 valence electrons. The van der Waals surface area contributed by atoms with Gasteiger partial charge in [-0.1, -0.05) is 0 Å². The van der Waals surface area contributed by atoms with Crippen LogP contribution in [0.25, 0.3) is 0 Å². The highest BCUT2D eigenvalue weighted by molar-refractivity contribution is 7.80. The van der Waals surface area contributed by atoms with Gasteiger partial charge in [-0.2, -0.15) is 5.10 Å².